The number of carbonyl (C=O) groups is 1. The van der Waals surface area contributed by atoms with Gasteiger partial charge in [-0.3, -0.25) is 4.79 Å². The van der Waals surface area contributed by atoms with Crippen LogP contribution >= 0.6 is 0 Å². The number of nitrogens with zero attached hydrogens (tertiary/aromatic N) is 1. The van der Waals surface area contributed by atoms with E-state index in [9.17, 15) is 18.0 Å². The summed E-state index contributed by atoms with van der Waals surface area (Å²) >= 11 is 0. The van der Waals surface area contributed by atoms with Crippen LogP contribution < -0.4 is 9.47 Å². The third kappa shape index (κ3) is 3.79. The van der Waals surface area contributed by atoms with E-state index in [1.54, 1.807) is 29.2 Å². The van der Waals surface area contributed by atoms with Crippen molar-refractivity contribution in [1.82, 2.24) is 4.90 Å². The normalized spacial score (nSPS) is 22.0. The Bertz CT molecular complexity index is 868. The summed E-state index contributed by atoms with van der Waals surface area (Å²) in [7, 11) is 0. The van der Waals surface area contributed by atoms with Gasteiger partial charge in [0, 0.05) is 19.0 Å². The highest BCUT2D eigenvalue weighted by Crippen LogP contribution is 2.35. The van der Waals surface area contributed by atoms with Crippen LogP contribution in [0.3, 0.4) is 0 Å². The largest absolute Gasteiger partial charge is 0.485 e. The van der Waals surface area contributed by atoms with Gasteiger partial charge in [-0.25, -0.2) is 0 Å². The minimum Gasteiger partial charge on any atom is -0.485 e. The first-order valence-corrected chi connectivity index (χ1v) is 9.26. The summed E-state index contributed by atoms with van der Waals surface area (Å²) in [5.74, 6) is 0.813. The minimum atomic E-state index is -4.37. The Morgan fingerprint density at radius 1 is 1.07 bits per heavy atom. The molecule has 0 bridgehead atoms. The van der Waals surface area contributed by atoms with Crippen molar-refractivity contribution in [2.45, 2.75) is 31.0 Å². The van der Waals surface area contributed by atoms with Gasteiger partial charge < -0.3 is 14.4 Å². The fraction of sp³-hybridized carbons (Fsp3) is 0.381. The lowest BCUT2D eigenvalue weighted by molar-refractivity contribution is -0.142. The second-order valence-corrected chi connectivity index (χ2v) is 7.11. The van der Waals surface area contributed by atoms with Crippen molar-refractivity contribution in [1.29, 1.82) is 0 Å². The summed E-state index contributed by atoms with van der Waals surface area (Å²) in [6, 6.07) is 12.5. The maximum absolute atomic E-state index is 13.0. The molecule has 0 N–H and O–H groups in total. The number of halogens is 3. The van der Waals surface area contributed by atoms with Gasteiger partial charge in [-0.15, -0.1) is 0 Å². The Morgan fingerprint density at radius 2 is 1.86 bits per heavy atom. The number of piperidine rings is 1. The van der Waals surface area contributed by atoms with Crippen molar-refractivity contribution in [3.05, 3.63) is 59.7 Å². The van der Waals surface area contributed by atoms with Gasteiger partial charge in [0.1, 0.15) is 6.61 Å². The molecule has 28 heavy (non-hydrogen) atoms. The summed E-state index contributed by atoms with van der Waals surface area (Å²) in [6.07, 6.45) is -3.64. The van der Waals surface area contributed by atoms with E-state index >= 15 is 0 Å². The zero-order valence-electron chi connectivity index (χ0n) is 15.1. The average Bonchev–Trinajstić information content (AvgIpc) is 2.72. The fourth-order valence-electron chi connectivity index (χ4n) is 3.76. The number of hydrogen-bond donors (Lipinski definition) is 0. The van der Waals surface area contributed by atoms with Crippen LogP contribution in [0.25, 0.3) is 0 Å². The summed E-state index contributed by atoms with van der Waals surface area (Å²) < 4.78 is 50.4. The van der Waals surface area contributed by atoms with Crippen molar-refractivity contribution in [2.24, 2.45) is 0 Å². The maximum Gasteiger partial charge on any atom is 0.416 e. The van der Waals surface area contributed by atoms with Gasteiger partial charge in [-0.1, -0.05) is 30.3 Å². The molecular formula is C21H20F3NO3. The number of fused-ring (bicyclic) bond motifs is 1. The first-order valence-electron chi connectivity index (χ1n) is 9.26. The van der Waals surface area contributed by atoms with Crippen molar-refractivity contribution in [3.8, 4) is 11.5 Å². The van der Waals surface area contributed by atoms with Crippen LogP contribution in [-0.4, -0.2) is 36.6 Å². The number of benzene rings is 2. The van der Waals surface area contributed by atoms with E-state index in [0.29, 0.717) is 30.2 Å². The zero-order chi connectivity index (χ0) is 19.7. The zero-order valence-corrected chi connectivity index (χ0v) is 15.1. The molecule has 2 atom stereocenters. The SMILES string of the molecule is O=C(C1COc2ccccc2O1)N1CCCC(c2cccc(C(F)(F)F)c2)C1. The van der Waals surface area contributed by atoms with Crippen molar-refractivity contribution >= 4 is 5.91 Å². The van der Waals surface area contributed by atoms with E-state index in [0.717, 1.165) is 18.9 Å². The number of rotatable bonds is 2. The van der Waals surface area contributed by atoms with Gasteiger partial charge in [-0.05, 0) is 36.6 Å². The molecule has 1 fully saturated rings. The van der Waals surface area contributed by atoms with Gasteiger partial charge in [0.2, 0.25) is 6.10 Å². The van der Waals surface area contributed by atoms with Crippen molar-refractivity contribution in [2.75, 3.05) is 19.7 Å². The fourth-order valence-corrected chi connectivity index (χ4v) is 3.76. The van der Waals surface area contributed by atoms with Crippen molar-refractivity contribution in [3.63, 3.8) is 0 Å². The molecule has 1 amide bonds. The summed E-state index contributed by atoms with van der Waals surface area (Å²) in [4.78, 5) is 14.6. The number of amides is 1. The number of para-hydroxylation sites is 2. The lowest BCUT2D eigenvalue weighted by Gasteiger charge is -2.36. The highest BCUT2D eigenvalue weighted by Gasteiger charge is 2.35. The van der Waals surface area contributed by atoms with Crippen LogP contribution in [0.4, 0.5) is 13.2 Å². The van der Waals surface area contributed by atoms with E-state index in [4.69, 9.17) is 9.47 Å². The summed E-state index contributed by atoms with van der Waals surface area (Å²) in [5, 5.41) is 0. The standard InChI is InChI=1S/C21H20F3NO3/c22-21(23,24)16-7-3-5-14(11-16)15-6-4-10-25(12-15)20(26)19-13-27-17-8-1-2-9-18(17)28-19/h1-3,5,7-9,11,15,19H,4,6,10,12-13H2. The van der Waals surface area contributed by atoms with Crippen LogP contribution in [0.15, 0.2) is 48.5 Å². The molecule has 0 spiro atoms. The first-order chi connectivity index (χ1) is 13.4. The van der Waals surface area contributed by atoms with Crippen LogP contribution in [0, 0.1) is 0 Å². The predicted molar refractivity (Wildman–Crippen MR) is 96.4 cm³/mol. The van der Waals surface area contributed by atoms with Crippen LogP contribution in [0.2, 0.25) is 0 Å². The second kappa shape index (κ2) is 7.37. The lowest BCUT2D eigenvalue weighted by Crippen LogP contribution is -2.49. The molecule has 2 aromatic rings. The molecule has 2 heterocycles. The lowest BCUT2D eigenvalue weighted by atomic mass is 9.89. The maximum atomic E-state index is 13.0. The number of hydrogen-bond acceptors (Lipinski definition) is 3. The molecule has 0 saturated carbocycles. The molecule has 1 saturated heterocycles. The quantitative estimate of drug-likeness (QED) is 0.768. The van der Waals surface area contributed by atoms with E-state index in [1.807, 2.05) is 6.07 Å². The Morgan fingerprint density at radius 3 is 2.64 bits per heavy atom. The van der Waals surface area contributed by atoms with Crippen molar-refractivity contribution < 1.29 is 27.4 Å². The molecule has 0 radical (unpaired) electrons. The van der Waals surface area contributed by atoms with Gasteiger partial charge in [0.15, 0.2) is 11.5 Å². The molecule has 4 rings (SSSR count). The van der Waals surface area contributed by atoms with E-state index < -0.39 is 17.8 Å². The molecule has 0 aromatic heterocycles. The number of ether oxygens (including phenoxy) is 2. The topological polar surface area (TPSA) is 38.8 Å². The number of carbonyl (C=O) groups excluding carboxylic acids is 1. The van der Waals surface area contributed by atoms with Gasteiger partial charge in [-0.2, -0.15) is 13.2 Å². The average molecular weight is 391 g/mol. The highest BCUT2D eigenvalue weighted by atomic mass is 19.4. The van der Waals surface area contributed by atoms with E-state index in [2.05, 4.69) is 0 Å². The second-order valence-electron chi connectivity index (χ2n) is 7.11. The third-order valence-electron chi connectivity index (χ3n) is 5.20. The summed E-state index contributed by atoms with van der Waals surface area (Å²) in [5.41, 5.74) is -0.0486. The molecule has 148 valence electrons. The number of likely N-dealkylation sites (tertiary alicyclic amines) is 1. The Kier molecular flexibility index (Phi) is 4.91. The number of alkyl halides is 3. The van der Waals surface area contributed by atoms with Gasteiger partial charge >= 0.3 is 6.18 Å². The van der Waals surface area contributed by atoms with Crippen LogP contribution in [-0.2, 0) is 11.0 Å². The Labute approximate surface area is 160 Å². The molecule has 4 nitrogen and oxygen atoms in total. The van der Waals surface area contributed by atoms with E-state index in [-0.39, 0.29) is 18.4 Å². The third-order valence-corrected chi connectivity index (χ3v) is 5.20. The molecule has 2 unspecified atom stereocenters. The predicted octanol–water partition coefficient (Wildman–Crippen LogP) is 4.25. The molecule has 0 aliphatic carbocycles. The van der Waals surface area contributed by atoms with Crippen LogP contribution in [0.1, 0.15) is 29.9 Å². The Hall–Kier alpha value is -2.70. The molecule has 2 aliphatic heterocycles. The molecule has 2 aliphatic rings. The van der Waals surface area contributed by atoms with Crippen LogP contribution in [0.5, 0.6) is 11.5 Å². The van der Waals surface area contributed by atoms with E-state index in [1.165, 1.54) is 12.1 Å². The minimum absolute atomic E-state index is 0.126. The molecule has 2 aromatic carbocycles. The smallest absolute Gasteiger partial charge is 0.416 e. The molecular weight excluding hydrogens is 371 g/mol. The first kappa shape index (κ1) is 18.7. The summed E-state index contributed by atoms with van der Waals surface area (Å²) in [6.45, 7) is 1.07. The highest BCUT2D eigenvalue weighted by molar-refractivity contribution is 5.82. The van der Waals surface area contributed by atoms with Gasteiger partial charge in [0.05, 0.1) is 5.56 Å². The Balaban J connectivity index is 1.46. The van der Waals surface area contributed by atoms with Gasteiger partial charge in [0.25, 0.3) is 5.91 Å². The molecule has 7 heteroatoms. The monoisotopic (exact) mass is 391 g/mol.